The molecule has 1 atom stereocenters. The van der Waals surface area contributed by atoms with Crippen LogP contribution in [-0.2, 0) is 6.54 Å². The van der Waals surface area contributed by atoms with Gasteiger partial charge in [-0.1, -0.05) is 22.9 Å². The summed E-state index contributed by atoms with van der Waals surface area (Å²) < 4.78 is 11.8. The second kappa shape index (κ2) is 6.45. The number of aliphatic hydroxyl groups excluding tert-OH is 1. The van der Waals surface area contributed by atoms with Gasteiger partial charge in [0.05, 0.1) is 17.6 Å². The van der Waals surface area contributed by atoms with Gasteiger partial charge in [0.25, 0.3) is 5.56 Å². The Balaban J connectivity index is 1.73. The first-order valence-electron chi connectivity index (χ1n) is 7.67. The summed E-state index contributed by atoms with van der Waals surface area (Å²) in [7, 11) is 0. The van der Waals surface area contributed by atoms with Crippen molar-refractivity contribution >= 4 is 10.9 Å². The van der Waals surface area contributed by atoms with Crippen molar-refractivity contribution in [2.75, 3.05) is 6.61 Å². The lowest BCUT2D eigenvalue weighted by atomic mass is 10.2. The lowest BCUT2D eigenvalue weighted by molar-refractivity contribution is 0.0880. The van der Waals surface area contributed by atoms with E-state index in [0.717, 1.165) is 5.56 Å². The molecule has 1 N–H and O–H groups in total. The highest BCUT2D eigenvalue weighted by molar-refractivity contribution is 5.81. The van der Waals surface area contributed by atoms with Crippen LogP contribution in [0.2, 0.25) is 0 Å². The van der Waals surface area contributed by atoms with E-state index in [9.17, 15) is 9.90 Å². The van der Waals surface area contributed by atoms with Crippen molar-refractivity contribution in [3.63, 3.8) is 0 Å². The van der Waals surface area contributed by atoms with Crippen LogP contribution in [-0.4, -0.2) is 32.8 Å². The van der Waals surface area contributed by atoms with E-state index in [1.54, 1.807) is 13.8 Å². The fourth-order valence-electron chi connectivity index (χ4n) is 2.55. The highest BCUT2D eigenvalue weighted by Crippen LogP contribution is 2.16. The summed E-state index contributed by atoms with van der Waals surface area (Å²) in [6, 6.07) is 7.53. The Morgan fingerprint density at radius 3 is 2.67 bits per heavy atom. The first kappa shape index (κ1) is 16.2. The summed E-state index contributed by atoms with van der Waals surface area (Å²) in [5.41, 5.74) is 1.61. The maximum Gasteiger partial charge on any atom is 0.296 e. The van der Waals surface area contributed by atoms with E-state index >= 15 is 0 Å². The Labute approximate surface area is 138 Å². The van der Waals surface area contributed by atoms with Gasteiger partial charge in [0.2, 0.25) is 0 Å². The smallest absolute Gasteiger partial charge is 0.296 e. The summed E-state index contributed by atoms with van der Waals surface area (Å²) in [5.74, 6) is 1.22. The molecular weight excluding hydrogens is 310 g/mol. The summed E-state index contributed by atoms with van der Waals surface area (Å²) in [6.45, 7) is 5.58. The van der Waals surface area contributed by atoms with Crippen LogP contribution in [0.5, 0.6) is 5.75 Å². The third kappa shape index (κ3) is 3.16. The lowest BCUT2D eigenvalue weighted by Crippen LogP contribution is -2.32. The van der Waals surface area contributed by atoms with E-state index in [1.165, 1.54) is 4.68 Å². The van der Waals surface area contributed by atoms with Gasteiger partial charge < -0.3 is 14.4 Å². The van der Waals surface area contributed by atoms with Crippen LogP contribution >= 0.6 is 0 Å². The number of aliphatic hydroxyl groups is 1. The summed E-state index contributed by atoms with van der Waals surface area (Å²) in [6.07, 6.45) is -0.874. The van der Waals surface area contributed by atoms with Gasteiger partial charge in [-0.3, -0.25) is 4.79 Å². The molecule has 0 amide bonds. The normalized spacial score (nSPS) is 12.5. The highest BCUT2D eigenvalue weighted by atomic mass is 16.5. The van der Waals surface area contributed by atoms with Crippen molar-refractivity contribution in [2.45, 2.75) is 33.4 Å². The number of nitrogens with zero attached hydrogens (tertiary/aromatic N) is 3. The maximum atomic E-state index is 12.4. The second-order valence-corrected chi connectivity index (χ2v) is 5.81. The molecule has 2 aromatic heterocycles. The largest absolute Gasteiger partial charge is 0.491 e. The number of hydrogen-bond donors (Lipinski definition) is 1. The minimum atomic E-state index is -0.874. The number of ether oxygens (including phenoxy) is 1. The molecule has 0 saturated carbocycles. The standard InChI is InChI=1S/C17H19N3O4/c1-10-4-6-14(7-5-10)23-9-13(21)8-20-17(22)16-15(11(2)18-20)12(3)24-19-16/h4-7,13,21H,8-9H2,1-3H3/t13-/m1/s1. The van der Waals surface area contributed by atoms with Gasteiger partial charge in [-0.05, 0) is 32.9 Å². The zero-order chi connectivity index (χ0) is 17.3. The second-order valence-electron chi connectivity index (χ2n) is 5.81. The van der Waals surface area contributed by atoms with Gasteiger partial charge in [-0.2, -0.15) is 5.10 Å². The molecule has 24 heavy (non-hydrogen) atoms. The molecular formula is C17H19N3O4. The molecule has 0 unspecified atom stereocenters. The van der Waals surface area contributed by atoms with Crippen molar-refractivity contribution in [2.24, 2.45) is 0 Å². The van der Waals surface area contributed by atoms with Crippen LogP contribution in [0.25, 0.3) is 10.9 Å². The van der Waals surface area contributed by atoms with E-state index in [2.05, 4.69) is 10.3 Å². The molecule has 126 valence electrons. The molecule has 7 nitrogen and oxygen atoms in total. The number of rotatable bonds is 5. The van der Waals surface area contributed by atoms with Crippen LogP contribution in [0.1, 0.15) is 17.0 Å². The van der Waals surface area contributed by atoms with E-state index < -0.39 is 6.10 Å². The number of benzene rings is 1. The quantitative estimate of drug-likeness (QED) is 0.767. The Morgan fingerprint density at radius 1 is 1.25 bits per heavy atom. The third-order valence-electron chi connectivity index (χ3n) is 3.78. The highest BCUT2D eigenvalue weighted by Gasteiger charge is 2.17. The zero-order valence-corrected chi connectivity index (χ0v) is 13.8. The van der Waals surface area contributed by atoms with Crippen molar-refractivity contribution in [1.82, 2.24) is 14.9 Å². The monoisotopic (exact) mass is 329 g/mol. The SMILES string of the molecule is Cc1ccc(OC[C@H](O)Cn2nc(C)c3c(C)onc3c2=O)cc1. The first-order chi connectivity index (χ1) is 11.5. The Morgan fingerprint density at radius 2 is 1.96 bits per heavy atom. The predicted molar refractivity (Wildman–Crippen MR) is 88.2 cm³/mol. The van der Waals surface area contributed by atoms with E-state index in [0.29, 0.717) is 22.6 Å². The maximum absolute atomic E-state index is 12.4. The molecule has 3 rings (SSSR count). The molecule has 2 heterocycles. The fraction of sp³-hybridized carbons (Fsp3) is 0.353. The molecule has 3 aromatic rings. The summed E-state index contributed by atoms with van der Waals surface area (Å²) in [4.78, 5) is 12.4. The first-order valence-corrected chi connectivity index (χ1v) is 7.67. The van der Waals surface area contributed by atoms with Gasteiger partial charge in [0, 0.05) is 0 Å². The van der Waals surface area contributed by atoms with Gasteiger partial charge in [0.15, 0.2) is 5.52 Å². The molecule has 0 aliphatic carbocycles. The van der Waals surface area contributed by atoms with Gasteiger partial charge >= 0.3 is 0 Å². The molecule has 0 aliphatic rings. The van der Waals surface area contributed by atoms with Crippen molar-refractivity contribution < 1.29 is 14.4 Å². The van der Waals surface area contributed by atoms with Gasteiger partial charge in [-0.25, -0.2) is 4.68 Å². The van der Waals surface area contributed by atoms with Crippen LogP contribution < -0.4 is 10.3 Å². The Bertz CT molecular complexity index is 912. The Hall–Kier alpha value is -2.67. The number of hydrogen-bond acceptors (Lipinski definition) is 6. The fourth-order valence-corrected chi connectivity index (χ4v) is 2.55. The van der Waals surface area contributed by atoms with Crippen LogP contribution in [0.15, 0.2) is 33.6 Å². The average Bonchev–Trinajstić information content (AvgIpc) is 2.94. The minimum Gasteiger partial charge on any atom is -0.491 e. The van der Waals surface area contributed by atoms with Gasteiger partial charge in [0.1, 0.15) is 24.2 Å². The average molecular weight is 329 g/mol. The molecule has 0 bridgehead atoms. The van der Waals surface area contributed by atoms with Crippen LogP contribution in [0.4, 0.5) is 0 Å². The van der Waals surface area contributed by atoms with Crippen molar-refractivity contribution in [1.29, 1.82) is 0 Å². The molecule has 0 spiro atoms. The molecule has 1 aromatic carbocycles. The zero-order valence-electron chi connectivity index (χ0n) is 13.8. The molecule has 7 heteroatoms. The van der Waals surface area contributed by atoms with Gasteiger partial charge in [-0.15, -0.1) is 0 Å². The third-order valence-corrected chi connectivity index (χ3v) is 3.78. The molecule has 0 radical (unpaired) electrons. The molecule has 0 saturated heterocycles. The van der Waals surface area contributed by atoms with Crippen molar-refractivity contribution in [3.05, 3.63) is 51.6 Å². The molecule has 0 fully saturated rings. The number of aromatic nitrogens is 3. The predicted octanol–water partition coefficient (Wildman–Crippen LogP) is 1.75. The van der Waals surface area contributed by atoms with E-state index in [-0.39, 0.29) is 24.2 Å². The van der Waals surface area contributed by atoms with Crippen LogP contribution in [0.3, 0.4) is 0 Å². The lowest BCUT2D eigenvalue weighted by Gasteiger charge is -2.13. The Kier molecular flexibility index (Phi) is 4.35. The summed E-state index contributed by atoms with van der Waals surface area (Å²) in [5, 5.41) is 18.8. The molecule has 0 aliphatic heterocycles. The number of aryl methyl sites for hydroxylation is 3. The minimum absolute atomic E-state index is 0.0212. The van der Waals surface area contributed by atoms with E-state index in [4.69, 9.17) is 9.26 Å². The van der Waals surface area contributed by atoms with E-state index in [1.807, 2.05) is 31.2 Å². The van der Waals surface area contributed by atoms with Crippen molar-refractivity contribution in [3.8, 4) is 5.75 Å². The number of fused-ring (bicyclic) bond motifs is 1. The van der Waals surface area contributed by atoms with Crippen LogP contribution in [0, 0.1) is 20.8 Å². The topological polar surface area (TPSA) is 90.4 Å². The summed E-state index contributed by atoms with van der Waals surface area (Å²) >= 11 is 0.